The van der Waals surface area contributed by atoms with E-state index in [2.05, 4.69) is 6.58 Å². The van der Waals surface area contributed by atoms with Gasteiger partial charge in [-0.1, -0.05) is 6.08 Å². The molecule has 0 saturated heterocycles. The minimum Gasteiger partial charge on any atom is -0.480 e. The van der Waals surface area contributed by atoms with Crippen molar-refractivity contribution in [2.24, 2.45) is 0 Å². The van der Waals surface area contributed by atoms with E-state index in [0.29, 0.717) is 6.54 Å². The molecule has 0 spiro atoms. The molecule has 0 aliphatic heterocycles. The van der Waals surface area contributed by atoms with Gasteiger partial charge in [-0.3, -0.25) is 9.69 Å². The molecule has 0 amide bonds. The van der Waals surface area contributed by atoms with Crippen molar-refractivity contribution in [3.05, 3.63) is 12.7 Å². The van der Waals surface area contributed by atoms with Crippen molar-refractivity contribution in [2.75, 3.05) is 25.4 Å². The Morgan fingerprint density at radius 1 is 1.41 bits per heavy atom. The molecule has 0 fully saturated rings. The highest BCUT2D eigenvalue weighted by Crippen LogP contribution is 2.15. The SMILES string of the molecule is C=CCN(CCS(=O)(=O)C(C)(C)C)CC(=O)O. The van der Waals surface area contributed by atoms with Crippen LogP contribution in [0.4, 0.5) is 0 Å². The van der Waals surface area contributed by atoms with Crippen LogP contribution >= 0.6 is 0 Å². The molecule has 0 saturated carbocycles. The fourth-order valence-corrected chi connectivity index (χ4v) is 2.28. The van der Waals surface area contributed by atoms with Crippen molar-refractivity contribution in [1.82, 2.24) is 4.90 Å². The predicted molar refractivity (Wildman–Crippen MR) is 67.8 cm³/mol. The van der Waals surface area contributed by atoms with Gasteiger partial charge in [-0.05, 0) is 20.8 Å². The van der Waals surface area contributed by atoms with Crippen molar-refractivity contribution in [1.29, 1.82) is 0 Å². The number of rotatable bonds is 7. The molecular formula is C11H21NO4S. The molecule has 0 unspecified atom stereocenters. The van der Waals surface area contributed by atoms with E-state index < -0.39 is 20.6 Å². The number of sulfone groups is 1. The third-order valence-electron chi connectivity index (χ3n) is 2.36. The van der Waals surface area contributed by atoms with Crippen LogP contribution in [0.25, 0.3) is 0 Å². The fourth-order valence-electron chi connectivity index (χ4n) is 1.16. The number of carboxylic acid groups (broad SMARTS) is 1. The summed E-state index contributed by atoms with van der Waals surface area (Å²) in [6.45, 7) is 8.82. The van der Waals surface area contributed by atoms with Crippen molar-refractivity contribution < 1.29 is 18.3 Å². The summed E-state index contributed by atoms with van der Waals surface area (Å²) in [6.07, 6.45) is 1.56. The van der Waals surface area contributed by atoms with E-state index in [1.165, 1.54) is 0 Å². The lowest BCUT2D eigenvalue weighted by atomic mass is 10.3. The standard InChI is InChI=1S/C11H21NO4S/c1-5-6-12(9-10(13)14)7-8-17(15,16)11(2,3)4/h5H,1,6-9H2,2-4H3,(H,13,14). The maximum atomic E-state index is 11.8. The van der Waals surface area contributed by atoms with Gasteiger partial charge in [0.15, 0.2) is 9.84 Å². The Morgan fingerprint density at radius 3 is 2.29 bits per heavy atom. The summed E-state index contributed by atoms with van der Waals surface area (Å²) in [4.78, 5) is 12.1. The van der Waals surface area contributed by atoms with E-state index in [1.54, 1.807) is 31.7 Å². The van der Waals surface area contributed by atoms with E-state index in [0.717, 1.165) is 0 Å². The third kappa shape index (κ3) is 5.83. The normalized spacial score (nSPS) is 12.7. The first kappa shape index (κ1) is 16.1. The second-order valence-electron chi connectivity index (χ2n) is 4.85. The molecule has 0 atom stereocenters. The van der Waals surface area contributed by atoms with Gasteiger partial charge in [0.05, 0.1) is 17.0 Å². The monoisotopic (exact) mass is 263 g/mol. The summed E-state index contributed by atoms with van der Waals surface area (Å²) in [5.74, 6) is -1.02. The Labute approximate surface area is 103 Å². The Balaban J connectivity index is 4.50. The van der Waals surface area contributed by atoms with E-state index in [4.69, 9.17) is 5.11 Å². The third-order valence-corrected chi connectivity index (χ3v) is 4.94. The van der Waals surface area contributed by atoms with E-state index >= 15 is 0 Å². The molecule has 1 N–H and O–H groups in total. The van der Waals surface area contributed by atoms with E-state index in [9.17, 15) is 13.2 Å². The second-order valence-corrected chi connectivity index (χ2v) is 7.71. The highest BCUT2D eigenvalue weighted by Gasteiger charge is 2.29. The van der Waals surface area contributed by atoms with Crippen molar-refractivity contribution in [3.63, 3.8) is 0 Å². The molecule has 5 nitrogen and oxygen atoms in total. The van der Waals surface area contributed by atoms with Crippen molar-refractivity contribution in [3.8, 4) is 0 Å². The molecule has 0 aromatic carbocycles. The summed E-state index contributed by atoms with van der Waals surface area (Å²) < 4.78 is 22.9. The fraction of sp³-hybridized carbons (Fsp3) is 0.727. The molecular weight excluding hydrogens is 242 g/mol. The maximum Gasteiger partial charge on any atom is 0.317 e. The van der Waals surface area contributed by atoms with Crippen LogP contribution in [0.15, 0.2) is 12.7 Å². The topological polar surface area (TPSA) is 74.7 Å². The molecule has 0 aromatic rings. The average molecular weight is 263 g/mol. The molecule has 0 aliphatic rings. The quantitative estimate of drug-likeness (QED) is 0.687. The Bertz CT molecular complexity index is 367. The minimum absolute atomic E-state index is 0.0440. The first-order valence-electron chi connectivity index (χ1n) is 5.37. The Hall–Kier alpha value is -0.880. The summed E-state index contributed by atoms with van der Waals surface area (Å²) in [6, 6.07) is 0. The molecule has 0 bridgehead atoms. The summed E-state index contributed by atoms with van der Waals surface area (Å²) in [7, 11) is -3.22. The summed E-state index contributed by atoms with van der Waals surface area (Å²) in [5, 5.41) is 8.67. The molecule has 100 valence electrons. The second kappa shape index (κ2) is 6.16. The number of carbonyl (C=O) groups is 1. The predicted octanol–water partition coefficient (Wildman–Crippen LogP) is 0.772. The summed E-state index contributed by atoms with van der Waals surface area (Å²) in [5.41, 5.74) is 0. The highest BCUT2D eigenvalue weighted by atomic mass is 32.2. The zero-order valence-electron chi connectivity index (χ0n) is 10.6. The van der Waals surface area contributed by atoms with Gasteiger partial charge in [0, 0.05) is 13.1 Å². The van der Waals surface area contributed by atoms with E-state index in [1.807, 2.05) is 0 Å². The molecule has 0 aromatic heterocycles. The number of aliphatic carboxylic acids is 1. The molecule has 0 aliphatic carbocycles. The molecule has 0 rings (SSSR count). The number of hydrogen-bond donors (Lipinski definition) is 1. The van der Waals surface area contributed by atoms with Gasteiger partial charge in [0.25, 0.3) is 0 Å². The lowest BCUT2D eigenvalue weighted by molar-refractivity contribution is -0.138. The van der Waals surface area contributed by atoms with Gasteiger partial charge in [0.1, 0.15) is 0 Å². The van der Waals surface area contributed by atoms with Gasteiger partial charge in [0.2, 0.25) is 0 Å². The lowest BCUT2D eigenvalue weighted by Crippen LogP contribution is -2.38. The van der Waals surface area contributed by atoms with Crippen molar-refractivity contribution >= 4 is 15.8 Å². The number of carboxylic acids is 1. The lowest BCUT2D eigenvalue weighted by Gasteiger charge is -2.23. The van der Waals surface area contributed by atoms with Crippen molar-refractivity contribution in [2.45, 2.75) is 25.5 Å². The van der Waals surface area contributed by atoms with Crippen LogP contribution in [0, 0.1) is 0 Å². The van der Waals surface area contributed by atoms with Crippen LogP contribution in [0.2, 0.25) is 0 Å². The first-order valence-corrected chi connectivity index (χ1v) is 7.02. The first-order chi connectivity index (χ1) is 7.60. The summed E-state index contributed by atoms with van der Waals surface area (Å²) >= 11 is 0. The molecule has 0 radical (unpaired) electrons. The van der Waals surface area contributed by atoms with Gasteiger partial charge >= 0.3 is 5.97 Å². The van der Waals surface area contributed by atoms with Gasteiger partial charge in [-0.2, -0.15) is 0 Å². The van der Waals surface area contributed by atoms with Crippen LogP contribution in [-0.2, 0) is 14.6 Å². The van der Waals surface area contributed by atoms with E-state index in [-0.39, 0.29) is 18.8 Å². The smallest absolute Gasteiger partial charge is 0.317 e. The molecule has 6 heteroatoms. The van der Waals surface area contributed by atoms with Crippen LogP contribution < -0.4 is 0 Å². The average Bonchev–Trinajstić information content (AvgIpc) is 2.12. The van der Waals surface area contributed by atoms with Crippen LogP contribution in [-0.4, -0.2) is 54.5 Å². The zero-order chi connectivity index (χ0) is 13.7. The number of nitrogens with zero attached hydrogens (tertiary/aromatic N) is 1. The van der Waals surface area contributed by atoms with Gasteiger partial charge in [-0.15, -0.1) is 6.58 Å². The van der Waals surface area contributed by atoms with Gasteiger partial charge in [-0.25, -0.2) is 8.42 Å². The maximum absolute atomic E-state index is 11.8. The molecule has 0 heterocycles. The Kier molecular flexibility index (Phi) is 5.84. The largest absolute Gasteiger partial charge is 0.480 e. The highest BCUT2D eigenvalue weighted by molar-refractivity contribution is 7.92. The van der Waals surface area contributed by atoms with Crippen LogP contribution in [0.5, 0.6) is 0 Å². The molecule has 17 heavy (non-hydrogen) atoms. The Morgan fingerprint density at radius 2 is 1.94 bits per heavy atom. The van der Waals surface area contributed by atoms with Crippen LogP contribution in [0.3, 0.4) is 0 Å². The van der Waals surface area contributed by atoms with Gasteiger partial charge < -0.3 is 5.11 Å². The van der Waals surface area contributed by atoms with Crippen LogP contribution in [0.1, 0.15) is 20.8 Å². The minimum atomic E-state index is -3.22. The number of hydrogen-bond acceptors (Lipinski definition) is 4. The zero-order valence-corrected chi connectivity index (χ0v) is 11.5.